The van der Waals surface area contributed by atoms with Crippen LogP contribution in [0.4, 0.5) is 22.0 Å². The van der Waals surface area contributed by atoms with Crippen LogP contribution in [0.2, 0.25) is 0 Å². The molecular weight excluding hydrogens is 295 g/mol. The number of amides is 1. The Labute approximate surface area is 118 Å². The van der Waals surface area contributed by atoms with Crippen LogP contribution in [0.3, 0.4) is 0 Å². The molecule has 0 aromatic heterocycles. The Bertz CT molecular complexity index is 470. The Morgan fingerprint density at radius 1 is 1.24 bits per heavy atom. The number of alkyl halides is 3. The van der Waals surface area contributed by atoms with E-state index in [1.54, 1.807) is 0 Å². The van der Waals surface area contributed by atoms with Crippen LogP contribution >= 0.6 is 0 Å². The lowest BCUT2D eigenvalue weighted by Crippen LogP contribution is -2.42. The number of hydrogen-bond donors (Lipinski definition) is 2. The summed E-state index contributed by atoms with van der Waals surface area (Å²) in [7, 11) is 0. The standard InChI is InChI=1S/C13H15F5N2O/c1-8(5-9-10(14)3-2-4-11(9)15)20-12(21)6-19-7-13(16,17)18/h2-4,8,19H,5-7H2,1H3,(H,20,21). The van der Waals surface area contributed by atoms with Crippen molar-refractivity contribution in [1.82, 2.24) is 10.6 Å². The summed E-state index contributed by atoms with van der Waals surface area (Å²) in [6.45, 7) is -0.298. The van der Waals surface area contributed by atoms with Crippen LogP contribution in [0.15, 0.2) is 18.2 Å². The molecule has 0 aliphatic rings. The predicted octanol–water partition coefficient (Wildman–Crippen LogP) is 2.16. The summed E-state index contributed by atoms with van der Waals surface area (Å²) < 4.78 is 62.4. The van der Waals surface area contributed by atoms with E-state index in [2.05, 4.69) is 5.32 Å². The van der Waals surface area contributed by atoms with Crippen molar-refractivity contribution < 1.29 is 26.7 Å². The van der Waals surface area contributed by atoms with Gasteiger partial charge in [-0.25, -0.2) is 8.78 Å². The zero-order valence-electron chi connectivity index (χ0n) is 11.2. The van der Waals surface area contributed by atoms with Gasteiger partial charge in [-0.15, -0.1) is 0 Å². The fourth-order valence-electron chi connectivity index (χ4n) is 1.73. The lowest BCUT2D eigenvalue weighted by atomic mass is 10.1. The fourth-order valence-corrected chi connectivity index (χ4v) is 1.73. The van der Waals surface area contributed by atoms with Gasteiger partial charge in [0.15, 0.2) is 0 Å². The second-order valence-electron chi connectivity index (χ2n) is 4.59. The molecule has 118 valence electrons. The molecule has 1 aromatic rings. The Morgan fingerprint density at radius 3 is 2.33 bits per heavy atom. The van der Waals surface area contributed by atoms with Crippen LogP contribution in [0.1, 0.15) is 12.5 Å². The Kier molecular flexibility index (Phi) is 6.07. The summed E-state index contributed by atoms with van der Waals surface area (Å²) in [6.07, 6.45) is -4.49. The van der Waals surface area contributed by atoms with Gasteiger partial charge in [0.05, 0.1) is 13.1 Å². The van der Waals surface area contributed by atoms with Crippen LogP contribution in [-0.4, -0.2) is 31.2 Å². The molecule has 0 radical (unpaired) electrons. The molecule has 1 rings (SSSR count). The van der Waals surface area contributed by atoms with Crippen molar-refractivity contribution in [3.05, 3.63) is 35.4 Å². The molecule has 21 heavy (non-hydrogen) atoms. The summed E-state index contributed by atoms with van der Waals surface area (Å²) in [4.78, 5) is 11.4. The van der Waals surface area contributed by atoms with E-state index in [1.807, 2.05) is 5.32 Å². The predicted molar refractivity (Wildman–Crippen MR) is 66.6 cm³/mol. The number of halogens is 5. The van der Waals surface area contributed by atoms with Crippen LogP contribution < -0.4 is 10.6 Å². The lowest BCUT2D eigenvalue weighted by Gasteiger charge is -2.15. The van der Waals surface area contributed by atoms with Gasteiger partial charge >= 0.3 is 6.18 Å². The normalized spacial score (nSPS) is 13.0. The van der Waals surface area contributed by atoms with E-state index in [1.165, 1.54) is 13.0 Å². The van der Waals surface area contributed by atoms with E-state index in [-0.39, 0.29) is 12.0 Å². The van der Waals surface area contributed by atoms with Gasteiger partial charge in [-0.2, -0.15) is 13.2 Å². The minimum atomic E-state index is -4.40. The monoisotopic (exact) mass is 310 g/mol. The van der Waals surface area contributed by atoms with Crippen LogP contribution in [-0.2, 0) is 11.2 Å². The molecule has 0 fully saturated rings. The Balaban J connectivity index is 2.43. The summed E-state index contributed by atoms with van der Waals surface area (Å²) in [5, 5.41) is 4.30. The van der Waals surface area contributed by atoms with Gasteiger partial charge in [0.2, 0.25) is 5.91 Å². The van der Waals surface area contributed by atoms with Crippen LogP contribution in [0, 0.1) is 11.6 Å². The molecule has 1 atom stereocenters. The molecular formula is C13H15F5N2O. The first kappa shape index (κ1) is 17.4. The van der Waals surface area contributed by atoms with Gasteiger partial charge in [0.1, 0.15) is 11.6 Å². The third kappa shape index (κ3) is 6.52. The summed E-state index contributed by atoms with van der Waals surface area (Å²) in [5.74, 6) is -2.14. The van der Waals surface area contributed by atoms with Crippen molar-refractivity contribution in [3.63, 3.8) is 0 Å². The lowest BCUT2D eigenvalue weighted by molar-refractivity contribution is -0.128. The molecule has 2 N–H and O–H groups in total. The third-order valence-electron chi connectivity index (χ3n) is 2.59. The molecule has 0 saturated carbocycles. The number of nitrogens with one attached hydrogen (secondary N) is 2. The Morgan fingerprint density at radius 2 is 1.81 bits per heavy atom. The number of carbonyl (C=O) groups is 1. The number of benzene rings is 1. The second kappa shape index (κ2) is 7.35. The quantitative estimate of drug-likeness (QED) is 0.791. The zero-order valence-corrected chi connectivity index (χ0v) is 11.2. The minimum Gasteiger partial charge on any atom is -0.352 e. The summed E-state index contributed by atoms with van der Waals surface area (Å²) in [6, 6.07) is 2.80. The fraction of sp³-hybridized carbons (Fsp3) is 0.462. The Hall–Kier alpha value is -1.70. The van der Waals surface area contributed by atoms with Gasteiger partial charge in [0.25, 0.3) is 0 Å². The average Bonchev–Trinajstić information content (AvgIpc) is 2.32. The van der Waals surface area contributed by atoms with Gasteiger partial charge in [0, 0.05) is 11.6 Å². The highest BCUT2D eigenvalue weighted by Gasteiger charge is 2.26. The maximum absolute atomic E-state index is 13.4. The highest BCUT2D eigenvalue weighted by atomic mass is 19.4. The van der Waals surface area contributed by atoms with Gasteiger partial charge in [-0.05, 0) is 25.5 Å². The van der Waals surface area contributed by atoms with E-state index >= 15 is 0 Å². The molecule has 0 spiro atoms. The molecule has 8 heteroatoms. The molecule has 3 nitrogen and oxygen atoms in total. The molecule has 1 unspecified atom stereocenters. The van der Waals surface area contributed by atoms with E-state index in [4.69, 9.17) is 0 Å². The average molecular weight is 310 g/mol. The van der Waals surface area contributed by atoms with Crippen LogP contribution in [0.5, 0.6) is 0 Å². The molecule has 1 amide bonds. The molecule has 0 bridgehead atoms. The topological polar surface area (TPSA) is 41.1 Å². The first-order valence-corrected chi connectivity index (χ1v) is 6.19. The van der Waals surface area contributed by atoms with Crippen molar-refractivity contribution in [2.75, 3.05) is 13.1 Å². The molecule has 0 aliphatic heterocycles. The summed E-state index contributed by atoms with van der Waals surface area (Å²) >= 11 is 0. The van der Waals surface area contributed by atoms with Crippen molar-refractivity contribution in [2.45, 2.75) is 25.6 Å². The van der Waals surface area contributed by atoms with E-state index in [0.717, 1.165) is 12.1 Å². The summed E-state index contributed by atoms with van der Waals surface area (Å²) in [5.41, 5.74) is -0.173. The highest BCUT2D eigenvalue weighted by molar-refractivity contribution is 5.78. The largest absolute Gasteiger partial charge is 0.401 e. The molecule has 1 aromatic carbocycles. The number of rotatable bonds is 6. The first-order valence-electron chi connectivity index (χ1n) is 6.19. The van der Waals surface area contributed by atoms with Gasteiger partial charge in [-0.1, -0.05) is 6.07 Å². The van der Waals surface area contributed by atoms with Crippen molar-refractivity contribution in [2.24, 2.45) is 0 Å². The van der Waals surface area contributed by atoms with Crippen molar-refractivity contribution >= 4 is 5.91 Å². The second-order valence-corrected chi connectivity index (χ2v) is 4.59. The number of hydrogen-bond acceptors (Lipinski definition) is 2. The highest BCUT2D eigenvalue weighted by Crippen LogP contribution is 2.14. The van der Waals surface area contributed by atoms with Crippen LogP contribution in [0.25, 0.3) is 0 Å². The van der Waals surface area contributed by atoms with Crippen molar-refractivity contribution in [1.29, 1.82) is 0 Å². The molecule has 0 heterocycles. The van der Waals surface area contributed by atoms with Gasteiger partial charge < -0.3 is 10.6 Å². The zero-order chi connectivity index (χ0) is 16.0. The third-order valence-corrected chi connectivity index (χ3v) is 2.59. The molecule has 0 saturated heterocycles. The first-order chi connectivity index (χ1) is 9.69. The minimum absolute atomic E-state index is 0.0937. The maximum atomic E-state index is 13.4. The van der Waals surface area contributed by atoms with E-state index < -0.39 is 42.8 Å². The smallest absolute Gasteiger partial charge is 0.352 e. The number of carbonyl (C=O) groups excluding carboxylic acids is 1. The maximum Gasteiger partial charge on any atom is 0.401 e. The van der Waals surface area contributed by atoms with E-state index in [0.29, 0.717) is 0 Å². The SMILES string of the molecule is CC(Cc1c(F)cccc1F)NC(=O)CNCC(F)(F)F. The van der Waals surface area contributed by atoms with Crippen molar-refractivity contribution in [3.8, 4) is 0 Å². The molecule has 0 aliphatic carbocycles. The van der Waals surface area contributed by atoms with E-state index in [9.17, 15) is 26.7 Å². The van der Waals surface area contributed by atoms with Gasteiger partial charge in [-0.3, -0.25) is 4.79 Å².